The molecule has 2 rings (SSSR count). The molecule has 1 aliphatic heterocycles. The molecule has 0 bridgehead atoms. The highest BCUT2D eigenvalue weighted by Crippen LogP contribution is 2.13. The van der Waals surface area contributed by atoms with Crippen molar-refractivity contribution in [3.8, 4) is 0 Å². The van der Waals surface area contributed by atoms with Crippen LogP contribution in [0, 0.1) is 0 Å². The third-order valence-electron chi connectivity index (χ3n) is 1.82. The van der Waals surface area contributed by atoms with Crippen LogP contribution in [-0.4, -0.2) is 29.4 Å². The number of hydrogen-bond donors (Lipinski definition) is 3. The van der Waals surface area contributed by atoms with Crippen molar-refractivity contribution in [2.45, 2.75) is 0 Å². The molecular formula is C10H10N2O4. The van der Waals surface area contributed by atoms with Crippen LogP contribution in [-0.2, 0) is 4.79 Å². The van der Waals surface area contributed by atoms with E-state index in [1.165, 1.54) is 0 Å². The molecule has 0 aromatic heterocycles. The molecule has 1 aliphatic rings. The van der Waals surface area contributed by atoms with Crippen molar-refractivity contribution in [3.63, 3.8) is 0 Å². The summed E-state index contributed by atoms with van der Waals surface area (Å²) in [5, 5.41) is 9.80. The zero-order chi connectivity index (χ0) is 12.1. The van der Waals surface area contributed by atoms with E-state index in [2.05, 4.69) is 11.1 Å². The molecule has 0 fully saturated rings. The van der Waals surface area contributed by atoms with E-state index in [1.54, 1.807) is 24.3 Å². The Hall–Kier alpha value is -2.21. The minimum Gasteiger partial charge on any atom is -0.480 e. The van der Waals surface area contributed by atoms with E-state index in [1.807, 2.05) is 0 Å². The Morgan fingerprint density at radius 3 is 1.88 bits per heavy atom. The van der Waals surface area contributed by atoms with Gasteiger partial charge in [-0.05, 0) is 12.1 Å². The SMILES string of the molecule is NCC(=O)O.O=C1NC(=O)c2ccccc21. The quantitative estimate of drug-likeness (QED) is 0.560. The van der Waals surface area contributed by atoms with Crippen LogP contribution in [0.3, 0.4) is 0 Å². The zero-order valence-electron chi connectivity index (χ0n) is 8.27. The molecule has 0 unspecified atom stereocenters. The predicted octanol–water partition coefficient (Wildman–Crippen LogP) is -0.400. The fourth-order valence-electron chi connectivity index (χ4n) is 1.12. The summed E-state index contributed by atoms with van der Waals surface area (Å²) in [6.07, 6.45) is 0. The first-order valence-corrected chi connectivity index (χ1v) is 4.43. The molecule has 1 aromatic carbocycles. The average molecular weight is 222 g/mol. The molecule has 1 aromatic rings. The molecule has 0 saturated heterocycles. The minimum atomic E-state index is -0.968. The first-order valence-electron chi connectivity index (χ1n) is 4.43. The second-order valence-electron chi connectivity index (χ2n) is 2.93. The number of benzene rings is 1. The third-order valence-corrected chi connectivity index (χ3v) is 1.82. The standard InChI is InChI=1S/C8H5NO2.C2H5NO2/c10-7-5-3-1-2-4-6(5)8(11)9-7;3-1-2(4)5/h1-4H,(H,9,10,11);1,3H2,(H,4,5). The Morgan fingerprint density at radius 2 is 1.56 bits per heavy atom. The molecule has 0 saturated carbocycles. The summed E-state index contributed by atoms with van der Waals surface area (Å²) in [6, 6.07) is 6.74. The van der Waals surface area contributed by atoms with Gasteiger partial charge in [0.15, 0.2) is 0 Å². The van der Waals surface area contributed by atoms with Crippen LogP contribution in [0.25, 0.3) is 0 Å². The second kappa shape index (κ2) is 5.04. The van der Waals surface area contributed by atoms with E-state index in [0.29, 0.717) is 11.1 Å². The lowest BCUT2D eigenvalue weighted by atomic mass is 10.1. The number of rotatable bonds is 1. The first-order chi connectivity index (χ1) is 7.56. The number of nitrogens with two attached hydrogens (primary N) is 1. The van der Waals surface area contributed by atoms with Crippen LogP contribution in [0.4, 0.5) is 0 Å². The Morgan fingerprint density at radius 1 is 1.19 bits per heavy atom. The van der Waals surface area contributed by atoms with Gasteiger partial charge in [-0.2, -0.15) is 0 Å². The Kier molecular flexibility index (Phi) is 3.73. The maximum absolute atomic E-state index is 10.9. The molecular weight excluding hydrogens is 212 g/mol. The molecule has 6 heteroatoms. The Bertz CT molecular complexity index is 409. The number of carbonyl (C=O) groups excluding carboxylic acids is 2. The van der Waals surface area contributed by atoms with Gasteiger partial charge in [-0.1, -0.05) is 12.1 Å². The smallest absolute Gasteiger partial charge is 0.317 e. The van der Waals surface area contributed by atoms with Crippen LogP contribution in [0.15, 0.2) is 24.3 Å². The Labute approximate surface area is 91.1 Å². The van der Waals surface area contributed by atoms with Crippen molar-refractivity contribution >= 4 is 17.8 Å². The monoisotopic (exact) mass is 222 g/mol. The van der Waals surface area contributed by atoms with Gasteiger partial charge in [0.25, 0.3) is 11.8 Å². The van der Waals surface area contributed by atoms with Gasteiger partial charge >= 0.3 is 5.97 Å². The largest absolute Gasteiger partial charge is 0.480 e. The first kappa shape index (κ1) is 11.9. The molecule has 84 valence electrons. The summed E-state index contributed by atoms with van der Waals surface area (Å²) in [5.41, 5.74) is 5.51. The Balaban J connectivity index is 0.000000221. The molecule has 1 heterocycles. The van der Waals surface area contributed by atoms with Gasteiger partial charge in [0.2, 0.25) is 0 Å². The van der Waals surface area contributed by atoms with Gasteiger partial charge in [0, 0.05) is 0 Å². The fourth-order valence-corrected chi connectivity index (χ4v) is 1.12. The lowest BCUT2D eigenvalue weighted by molar-refractivity contribution is -0.135. The van der Waals surface area contributed by atoms with Crippen LogP contribution < -0.4 is 11.1 Å². The number of carboxylic acid groups (broad SMARTS) is 1. The topological polar surface area (TPSA) is 109 Å². The number of hydrogen-bond acceptors (Lipinski definition) is 4. The van der Waals surface area contributed by atoms with E-state index in [0.717, 1.165) is 0 Å². The zero-order valence-corrected chi connectivity index (χ0v) is 8.27. The molecule has 0 spiro atoms. The van der Waals surface area contributed by atoms with Gasteiger partial charge < -0.3 is 10.8 Å². The van der Waals surface area contributed by atoms with E-state index < -0.39 is 5.97 Å². The molecule has 16 heavy (non-hydrogen) atoms. The van der Waals surface area contributed by atoms with E-state index in [-0.39, 0.29) is 18.4 Å². The van der Waals surface area contributed by atoms with Gasteiger partial charge in [0.1, 0.15) is 0 Å². The summed E-state index contributed by atoms with van der Waals surface area (Å²) in [5.74, 6) is -1.57. The van der Waals surface area contributed by atoms with Crippen LogP contribution >= 0.6 is 0 Å². The minimum absolute atomic E-state index is 0.278. The molecule has 0 radical (unpaired) electrons. The van der Waals surface area contributed by atoms with E-state index >= 15 is 0 Å². The summed E-state index contributed by atoms with van der Waals surface area (Å²) in [4.78, 5) is 31.1. The van der Waals surface area contributed by atoms with Crippen molar-refractivity contribution in [1.29, 1.82) is 0 Å². The van der Waals surface area contributed by atoms with Crippen molar-refractivity contribution in [3.05, 3.63) is 35.4 Å². The fraction of sp³-hybridized carbons (Fsp3) is 0.100. The van der Waals surface area contributed by atoms with Crippen LogP contribution in [0.5, 0.6) is 0 Å². The van der Waals surface area contributed by atoms with Crippen molar-refractivity contribution in [2.24, 2.45) is 5.73 Å². The number of aliphatic carboxylic acids is 1. The number of imide groups is 1. The summed E-state index contributed by atoms with van der Waals surface area (Å²) in [6.45, 7) is -0.278. The molecule has 6 nitrogen and oxygen atoms in total. The molecule has 4 N–H and O–H groups in total. The van der Waals surface area contributed by atoms with Crippen molar-refractivity contribution in [2.75, 3.05) is 6.54 Å². The van der Waals surface area contributed by atoms with Crippen molar-refractivity contribution in [1.82, 2.24) is 5.32 Å². The second-order valence-corrected chi connectivity index (χ2v) is 2.93. The number of carboxylic acids is 1. The maximum atomic E-state index is 10.9. The van der Waals surface area contributed by atoms with Gasteiger partial charge in [-0.15, -0.1) is 0 Å². The maximum Gasteiger partial charge on any atom is 0.317 e. The van der Waals surface area contributed by atoms with Crippen molar-refractivity contribution < 1.29 is 19.5 Å². The molecule has 0 aliphatic carbocycles. The predicted molar refractivity (Wildman–Crippen MR) is 54.9 cm³/mol. The summed E-state index contributed by atoms with van der Waals surface area (Å²) in [7, 11) is 0. The summed E-state index contributed by atoms with van der Waals surface area (Å²) < 4.78 is 0. The number of fused-ring (bicyclic) bond motifs is 1. The lowest BCUT2D eigenvalue weighted by Crippen LogP contribution is -2.19. The summed E-state index contributed by atoms with van der Waals surface area (Å²) >= 11 is 0. The number of carbonyl (C=O) groups is 3. The molecule has 0 atom stereocenters. The normalized spacial score (nSPS) is 12.3. The number of nitrogens with one attached hydrogen (secondary N) is 1. The van der Waals surface area contributed by atoms with E-state index in [4.69, 9.17) is 5.11 Å². The van der Waals surface area contributed by atoms with Crippen LogP contribution in [0.2, 0.25) is 0 Å². The molecule has 2 amide bonds. The van der Waals surface area contributed by atoms with E-state index in [9.17, 15) is 14.4 Å². The average Bonchev–Trinajstić information content (AvgIpc) is 2.56. The highest BCUT2D eigenvalue weighted by molar-refractivity contribution is 6.21. The van der Waals surface area contributed by atoms with Gasteiger partial charge in [-0.25, -0.2) is 0 Å². The van der Waals surface area contributed by atoms with Crippen LogP contribution in [0.1, 0.15) is 20.7 Å². The highest BCUT2D eigenvalue weighted by Gasteiger charge is 2.25. The third kappa shape index (κ3) is 2.64. The number of amides is 2. The van der Waals surface area contributed by atoms with Gasteiger partial charge in [0.05, 0.1) is 17.7 Å². The highest BCUT2D eigenvalue weighted by atomic mass is 16.4. The lowest BCUT2D eigenvalue weighted by Gasteiger charge is -1.88. The van der Waals surface area contributed by atoms with Gasteiger partial charge in [-0.3, -0.25) is 19.7 Å².